The van der Waals surface area contributed by atoms with E-state index in [2.05, 4.69) is 6.58 Å². The molecule has 10 heteroatoms. The summed E-state index contributed by atoms with van der Waals surface area (Å²) in [7, 11) is 0. The Labute approximate surface area is 231 Å². The first-order valence-corrected chi connectivity index (χ1v) is 13.6. The van der Waals surface area contributed by atoms with Crippen molar-refractivity contribution in [3.8, 4) is 0 Å². The van der Waals surface area contributed by atoms with Crippen LogP contribution in [0.15, 0.2) is 63.7 Å². The summed E-state index contributed by atoms with van der Waals surface area (Å²) in [6, 6.07) is 6.07. The largest absolute Gasteiger partial charge is 0.353 e. The maximum Gasteiger partial charge on any atom is 0.332 e. The summed E-state index contributed by atoms with van der Waals surface area (Å²) in [5, 5.41) is 0.337. The van der Waals surface area contributed by atoms with Crippen LogP contribution in [0.25, 0.3) is 16.7 Å². The lowest BCUT2D eigenvalue weighted by molar-refractivity contribution is -0.163. The quantitative estimate of drug-likeness (QED) is 0.239. The van der Waals surface area contributed by atoms with Gasteiger partial charge in [-0.25, -0.2) is 14.2 Å². The van der Waals surface area contributed by atoms with Gasteiger partial charge in [-0.05, 0) is 63.3 Å². The number of imidazole rings is 1. The third-order valence-electron chi connectivity index (χ3n) is 6.67. The normalized spacial score (nSPS) is 16.4. The minimum Gasteiger partial charge on any atom is -0.353 e. The molecule has 1 fully saturated rings. The van der Waals surface area contributed by atoms with Crippen molar-refractivity contribution in [1.29, 1.82) is 0 Å². The summed E-state index contributed by atoms with van der Waals surface area (Å²) < 4.78 is 29.6. The van der Waals surface area contributed by atoms with Crippen molar-refractivity contribution < 1.29 is 13.9 Å². The van der Waals surface area contributed by atoms with Crippen LogP contribution in [0.1, 0.15) is 50.9 Å². The molecule has 3 heterocycles. The van der Waals surface area contributed by atoms with Crippen molar-refractivity contribution in [3.63, 3.8) is 0 Å². The fourth-order valence-electron chi connectivity index (χ4n) is 4.68. The molecule has 8 nitrogen and oxygen atoms in total. The van der Waals surface area contributed by atoms with E-state index in [0.29, 0.717) is 53.8 Å². The Hall–Kier alpha value is -3.27. The SMILES string of the molecule is C=C(Cl)/C=C\C(=C/C)c1nc2c(c(=O)n(CCCOC3CCCCO3)c(=O)n2CC)n1Cc1ccc(F)cc1. The maximum absolute atomic E-state index is 13.9. The average Bonchev–Trinajstić information content (AvgIpc) is 3.29. The van der Waals surface area contributed by atoms with Crippen LogP contribution >= 0.6 is 11.6 Å². The van der Waals surface area contributed by atoms with Crippen LogP contribution in [-0.4, -0.2) is 38.2 Å². The number of aromatic nitrogens is 4. The van der Waals surface area contributed by atoms with Crippen molar-refractivity contribution in [1.82, 2.24) is 18.7 Å². The van der Waals surface area contributed by atoms with Crippen LogP contribution in [-0.2, 0) is 29.1 Å². The van der Waals surface area contributed by atoms with Gasteiger partial charge in [-0.3, -0.25) is 13.9 Å². The number of ether oxygens (including phenoxy) is 2. The summed E-state index contributed by atoms with van der Waals surface area (Å²) in [6.45, 7) is 9.21. The second-order valence-corrected chi connectivity index (χ2v) is 9.83. The Bertz CT molecular complexity index is 1490. The highest BCUT2D eigenvalue weighted by molar-refractivity contribution is 6.30. The zero-order valence-corrected chi connectivity index (χ0v) is 23.1. The van der Waals surface area contributed by atoms with Gasteiger partial charge >= 0.3 is 5.69 Å². The smallest absolute Gasteiger partial charge is 0.332 e. The van der Waals surface area contributed by atoms with E-state index in [0.717, 1.165) is 24.8 Å². The Morgan fingerprint density at radius 1 is 1.21 bits per heavy atom. The minimum absolute atomic E-state index is 0.194. The lowest BCUT2D eigenvalue weighted by Gasteiger charge is -2.22. The maximum atomic E-state index is 13.9. The van der Waals surface area contributed by atoms with Crippen molar-refractivity contribution in [2.75, 3.05) is 13.2 Å². The Kier molecular flexibility index (Phi) is 9.72. The predicted octanol–water partition coefficient (Wildman–Crippen LogP) is 5.21. The molecular formula is C29H34ClFN4O4. The highest BCUT2D eigenvalue weighted by Crippen LogP contribution is 2.23. The Morgan fingerprint density at radius 3 is 2.62 bits per heavy atom. The van der Waals surface area contributed by atoms with Gasteiger partial charge in [0.15, 0.2) is 17.5 Å². The molecule has 4 rings (SSSR count). The first-order valence-electron chi connectivity index (χ1n) is 13.2. The molecule has 1 aliphatic heterocycles. The third kappa shape index (κ3) is 6.66. The number of hydrogen-bond donors (Lipinski definition) is 0. The van der Waals surface area contributed by atoms with Crippen LogP contribution in [0, 0.1) is 5.82 Å². The number of halogens is 2. The fourth-order valence-corrected chi connectivity index (χ4v) is 4.74. The molecule has 0 saturated carbocycles. The number of rotatable bonds is 11. The van der Waals surface area contributed by atoms with Gasteiger partial charge in [-0.15, -0.1) is 0 Å². The van der Waals surface area contributed by atoms with E-state index >= 15 is 0 Å². The molecule has 1 atom stereocenters. The van der Waals surface area contributed by atoms with Gasteiger partial charge in [-0.1, -0.05) is 42.5 Å². The molecule has 0 N–H and O–H groups in total. The lowest BCUT2D eigenvalue weighted by atomic mass is 10.2. The number of nitrogens with zero attached hydrogens (tertiary/aromatic N) is 4. The molecule has 1 saturated heterocycles. The van der Waals surface area contributed by atoms with E-state index in [1.165, 1.54) is 21.3 Å². The number of fused-ring (bicyclic) bond motifs is 1. The molecule has 0 aliphatic carbocycles. The van der Waals surface area contributed by atoms with Gasteiger partial charge in [0, 0.05) is 36.8 Å². The average molecular weight is 557 g/mol. The Balaban J connectivity index is 1.79. The van der Waals surface area contributed by atoms with Gasteiger partial charge in [0.2, 0.25) is 0 Å². The first kappa shape index (κ1) is 28.7. The first-order chi connectivity index (χ1) is 18.8. The van der Waals surface area contributed by atoms with Crippen LogP contribution in [0.3, 0.4) is 0 Å². The summed E-state index contributed by atoms with van der Waals surface area (Å²) >= 11 is 5.97. The molecule has 1 aromatic carbocycles. The van der Waals surface area contributed by atoms with Crippen molar-refractivity contribution in [2.24, 2.45) is 0 Å². The second-order valence-electron chi connectivity index (χ2n) is 9.35. The molecule has 39 heavy (non-hydrogen) atoms. The minimum atomic E-state index is -0.435. The van der Waals surface area contributed by atoms with Gasteiger partial charge in [0.05, 0.1) is 6.61 Å². The molecule has 1 aliphatic rings. The van der Waals surface area contributed by atoms with Gasteiger partial charge in [0.25, 0.3) is 5.56 Å². The molecule has 0 amide bonds. The van der Waals surface area contributed by atoms with Crippen molar-refractivity contribution in [2.45, 2.75) is 65.5 Å². The topological polar surface area (TPSA) is 80.3 Å². The van der Waals surface area contributed by atoms with E-state index in [-0.39, 0.29) is 25.2 Å². The van der Waals surface area contributed by atoms with Crippen molar-refractivity contribution in [3.05, 3.63) is 92.1 Å². The predicted molar refractivity (Wildman–Crippen MR) is 151 cm³/mol. The Morgan fingerprint density at radius 2 is 1.97 bits per heavy atom. The van der Waals surface area contributed by atoms with Crippen molar-refractivity contribution >= 4 is 28.3 Å². The molecule has 2 aromatic heterocycles. The third-order valence-corrected chi connectivity index (χ3v) is 6.79. The molecule has 3 aromatic rings. The van der Waals surface area contributed by atoms with Crippen LogP contribution < -0.4 is 11.2 Å². The van der Waals surface area contributed by atoms with Crippen LogP contribution in [0.4, 0.5) is 4.39 Å². The zero-order valence-electron chi connectivity index (χ0n) is 22.4. The van der Waals surface area contributed by atoms with E-state index in [1.54, 1.807) is 28.9 Å². The molecule has 1 unspecified atom stereocenters. The highest BCUT2D eigenvalue weighted by atomic mass is 35.5. The standard InChI is InChI=1S/C29H34ClFN4O4/c1-4-22(13-10-20(3)30)26-32-27-25(35(26)19-21-11-14-23(31)15-12-21)28(36)34(29(37)33(27)5-2)16-8-18-39-24-9-6-7-17-38-24/h4,10-15,24H,3,5-9,16-19H2,1-2H3/b13-10-,22-4+. The fraction of sp³-hybridized carbons (Fsp3) is 0.414. The number of allylic oxidation sites excluding steroid dienone is 5. The summed E-state index contributed by atoms with van der Waals surface area (Å²) in [5.41, 5.74) is 1.20. The molecular weight excluding hydrogens is 523 g/mol. The molecule has 0 spiro atoms. The number of aryl methyl sites for hydroxylation is 1. The van der Waals surface area contributed by atoms with E-state index in [1.807, 2.05) is 19.9 Å². The molecule has 0 bridgehead atoms. The van der Waals surface area contributed by atoms with E-state index in [9.17, 15) is 14.0 Å². The summed E-state index contributed by atoms with van der Waals surface area (Å²) in [6.07, 6.45) is 8.42. The monoisotopic (exact) mass is 556 g/mol. The summed E-state index contributed by atoms with van der Waals surface area (Å²) in [4.78, 5) is 32.0. The number of benzene rings is 1. The van der Waals surface area contributed by atoms with Gasteiger partial charge < -0.3 is 14.0 Å². The highest BCUT2D eigenvalue weighted by Gasteiger charge is 2.22. The summed E-state index contributed by atoms with van der Waals surface area (Å²) in [5.74, 6) is 0.135. The van der Waals surface area contributed by atoms with Crippen LogP contribution in [0.5, 0.6) is 0 Å². The van der Waals surface area contributed by atoms with Gasteiger partial charge in [-0.2, -0.15) is 0 Å². The molecule has 0 radical (unpaired) electrons. The number of hydrogen-bond acceptors (Lipinski definition) is 5. The lowest BCUT2D eigenvalue weighted by Crippen LogP contribution is -2.40. The van der Waals surface area contributed by atoms with Crippen LogP contribution in [0.2, 0.25) is 0 Å². The van der Waals surface area contributed by atoms with E-state index < -0.39 is 11.2 Å². The van der Waals surface area contributed by atoms with Gasteiger partial charge in [0.1, 0.15) is 11.6 Å². The van der Waals surface area contributed by atoms with E-state index in [4.69, 9.17) is 26.1 Å². The second kappa shape index (κ2) is 13.2. The zero-order chi connectivity index (χ0) is 27.9. The molecule has 208 valence electrons.